The molecule has 0 fully saturated rings. The number of anilines is 1. The van der Waals surface area contributed by atoms with Crippen LogP contribution in [0.4, 0.5) is 5.82 Å². The maximum Gasteiger partial charge on any atom is 0.306 e. The molecule has 3 aromatic heterocycles. The van der Waals surface area contributed by atoms with Gasteiger partial charge in [0.25, 0.3) is 0 Å². The first-order valence-electron chi connectivity index (χ1n) is 9.61. The van der Waals surface area contributed by atoms with Gasteiger partial charge in [-0.1, -0.05) is 13.8 Å². The van der Waals surface area contributed by atoms with E-state index in [4.69, 9.17) is 9.72 Å². The number of aromatic nitrogens is 4. The van der Waals surface area contributed by atoms with E-state index in [1.54, 1.807) is 24.8 Å². The van der Waals surface area contributed by atoms with Crippen molar-refractivity contribution in [1.29, 1.82) is 0 Å². The summed E-state index contributed by atoms with van der Waals surface area (Å²) in [6.45, 7) is 10.2. The van der Waals surface area contributed by atoms with Gasteiger partial charge in [0.15, 0.2) is 5.82 Å². The summed E-state index contributed by atoms with van der Waals surface area (Å²) in [6, 6.07) is 5.62. The van der Waals surface area contributed by atoms with Gasteiger partial charge in [0, 0.05) is 36.1 Å². The van der Waals surface area contributed by atoms with Crippen molar-refractivity contribution in [3.8, 4) is 11.4 Å². The molecule has 0 atom stereocenters. The zero-order chi connectivity index (χ0) is 21.1. The van der Waals surface area contributed by atoms with Crippen molar-refractivity contribution >= 4 is 22.7 Å². The van der Waals surface area contributed by atoms with Gasteiger partial charge >= 0.3 is 5.97 Å². The quantitative estimate of drug-likeness (QED) is 0.626. The van der Waals surface area contributed by atoms with Crippen molar-refractivity contribution in [2.75, 3.05) is 11.9 Å². The summed E-state index contributed by atoms with van der Waals surface area (Å²) in [5.74, 6) is 1.10. The van der Waals surface area contributed by atoms with Crippen molar-refractivity contribution in [3.63, 3.8) is 0 Å². The average molecular weight is 393 g/mol. The van der Waals surface area contributed by atoms with Crippen LogP contribution in [0.2, 0.25) is 0 Å². The second-order valence-corrected chi connectivity index (χ2v) is 8.81. The summed E-state index contributed by atoms with van der Waals surface area (Å²) >= 11 is 0. The Balaban J connectivity index is 1.83. The molecule has 0 aromatic carbocycles. The first-order valence-corrected chi connectivity index (χ1v) is 9.61. The zero-order valence-corrected chi connectivity index (χ0v) is 17.6. The molecule has 7 heteroatoms. The van der Waals surface area contributed by atoms with E-state index in [9.17, 15) is 4.79 Å². The SMILES string of the molecule is CC(C)(CNc1nc(-c2ccncc2)nc2cnccc12)CC(=O)OC(C)(C)C. The Hall–Kier alpha value is -3.09. The number of hydrogen-bond donors (Lipinski definition) is 1. The van der Waals surface area contributed by atoms with E-state index in [1.807, 2.05) is 52.8 Å². The highest BCUT2D eigenvalue weighted by Crippen LogP contribution is 2.27. The molecule has 29 heavy (non-hydrogen) atoms. The molecular formula is C22H27N5O2. The lowest BCUT2D eigenvalue weighted by Crippen LogP contribution is -2.31. The lowest BCUT2D eigenvalue weighted by molar-refractivity contribution is -0.157. The van der Waals surface area contributed by atoms with Crippen molar-refractivity contribution in [2.45, 2.75) is 46.6 Å². The number of hydrogen-bond acceptors (Lipinski definition) is 7. The molecule has 0 spiro atoms. The third kappa shape index (κ3) is 5.70. The van der Waals surface area contributed by atoms with Gasteiger partial charge in [-0.25, -0.2) is 9.97 Å². The molecule has 0 saturated heterocycles. The minimum Gasteiger partial charge on any atom is -0.460 e. The van der Waals surface area contributed by atoms with Gasteiger partial charge in [-0.2, -0.15) is 0 Å². The van der Waals surface area contributed by atoms with Crippen molar-refractivity contribution in [2.24, 2.45) is 5.41 Å². The molecule has 3 aromatic rings. The van der Waals surface area contributed by atoms with Crippen LogP contribution >= 0.6 is 0 Å². The van der Waals surface area contributed by atoms with Crippen LogP contribution in [0.5, 0.6) is 0 Å². The highest BCUT2D eigenvalue weighted by Gasteiger charge is 2.26. The second-order valence-electron chi connectivity index (χ2n) is 8.81. The molecule has 0 saturated carbocycles. The molecule has 152 valence electrons. The maximum atomic E-state index is 12.2. The summed E-state index contributed by atoms with van der Waals surface area (Å²) in [5, 5.41) is 4.28. The van der Waals surface area contributed by atoms with Crippen molar-refractivity contribution in [1.82, 2.24) is 19.9 Å². The lowest BCUT2D eigenvalue weighted by atomic mass is 9.89. The van der Waals surface area contributed by atoms with E-state index in [1.165, 1.54) is 0 Å². The summed E-state index contributed by atoms with van der Waals surface area (Å²) in [4.78, 5) is 29.8. The molecular weight excluding hydrogens is 366 g/mol. The molecule has 0 unspecified atom stereocenters. The fourth-order valence-electron chi connectivity index (χ4n) is 2.90. The Morgan fingerprint density at radius 1 is 1.00 bits per heavy atom. The van der Waals surface area contributed by atoms with E-state index >= 15 is 0 Å². The predicted octanol–water partition coefficient (Wildman–Crippen LogP) is 4.26. The van der Waals surface area contributed by atoms with Gasteiger partial charge in [-0.15, -0.1) is 0 Å². The number of carbonyl (C=O) groups excluding carboxylic acids is 1. The number of pyridine rings is 2. The highest BCUT2D eigenvalue weighted by atomic mass is 16.6. The monoisotopic (exact) mass is 393 g/mol. The number of fused-ring (bicyclic) bond motifs is 1. The fourth-order valence-corrected chi connectivity index (χ4v) is 2.90. The molecule has 0 aliphatic rings. The van der Waals surface area contributed by atoms with Gasteiger partial charge in [-0.05, 0) is 44.4 Å². The fraction of sp³-hybridized carbons (Fsp3) is 0.409. The number of ether oxygens (including phenoxy) is 1. The van der Waals surface area contributed by atoms with E-state index in [-0.39, 0.29) is 11.4 Å². The Labute approximate surface area is 171 Å². The Morgan fingerprint density at radius 3 is 2.38 bits per heavy atom. The van der Waals surface area contributed by atoms with Crippen LogP contribution in [0, 0.1) is 5.41 Å². The number of nitrogens with one attached hydrogen (secondary N) is 1. The van der Waals surface area contributed by atoms with Crippen molar-refractivity contribution < 1.29 is 9.53 Å². The van der Waals surface area contributed by atoms with Crippen LogP contribution in [0.25, 0.3) is 22.3 Å². The molecule has 3 heterocycles. The topological polar surface area (TPSA) is 89.9 Å². The molecule has 0 aliphatic heterocycles. The van der Waals surface area contributed by atoms with E-state index < -0.39 is 5.60 Å². The highest BCUT2D eigenvalue weighted by molar-refractivity contribution is 5.89. The lowest BCUT2D eigenvalue weighted by Gasteiger charge is -2.27. The number of nitrogens with zero attached hydrogens (tertiary/aromatic N) is 4. The molecule has 0 radical (unpaired) electrons. The molecule has 0 aliphatic carbocycles. The summed E-state index contributed by atoms with van der Waals surface area (Å²) in [6.07, 6.45) is 7.17. The summed E-state index contributed by atoms with van der Waals surface area (Å²) < 4.78 is 5.47. The van der Waals surface area contributed by atoms with Crippen LogP contribution < -0.4 is 5.32 Å². The number of rotatable bonds is 6. The van der Waals surface area contributed by atoms with E-state index in [0.717, 1.165) is 16.5 Å². The Bertz CT molecular complexity index is 997. The molecule has 3 rings (SSSR count). The molecule has 1 N–H and O–H groups in total. The maximum absolute atomic E-state index is 12.2. The third-order valence-electron chi connectivity index (χ3n) is 4.22. The minimum absolute atomic E-state index is 0.210. The Kier molecular flexibility index (Phi) is 5.77. The molecule has 7 nitrogen and oxygen atoms in total. The summed E-state index contributed by atoms with van der Waals surface area (Å²) in [5.41, 5.74) is 0.822. The van der Waals surface area contributed by atoms with Crippen LogP contribution in [-0.2, 0) is 9.53 Å². The van der Waals surface area contributed by atoms with Gasteiger partial charge in [-0.3, -0.25) is 14.8 Å². The van der Waals surface area contributed by atoms with Crippen LogP contribution in [0.3, 0.4) is 0 Å². The van der Waals surface area contributed by atoms with Crippen LogP contribution in [0.15, 0.2) is 43.0 Å². The van der Waals surface area contributed by atoms with Crippen LogP contribution in [0.1, 0.15) is 41.0 Å². The predicted molar refractivity (Wildman–Crippen MR) is 113 cm³/mol. The zero-order valence-electron chi connectivity index (χ0n) is 17.6. The first kappa shape index (κ1) is 20.6. The van der Waals surface area contributed by atoms with Gasteiger partial charge in [0.05, 0.1) is 18.1 Å². The number of carbonyl (C=O) groups is 1. The largest absolute Gasteiger partial charge is 0.460 e. The third-order valence-corrected chi connectivity index (χ3v) is 4.22. The second kappa shape index (κ2) is 8.11. The van der Waals surface area contributed by atoms with Gasteiger partial charge in [0.2, 0.25) is 0 Å². The minimum atomic E-state index is -0.490. The van der Waals surface area contributed by atoms with Crippen molar-refractivity contribution in [3.05, 3.63) is 43.0 Å². The standard InChI is InChI=1S/C22H27N5O2/c1-21(2,3)29-18(28)12-22(4,5)14-25-20-16-8-11-24-13-17(16)26-19(27-20)15-6-9-23-10-7-15/h6-11,13H,12,14H2,1-5H3,(H,25,26,27). The smallest absolute Gasteiger partial charge is 0.306 e. The molecule has 0 bridgehead atoms. The summed E-state index contributed by atoms with van der Waals surface area (Å²) in [7, 11) is 0. The number of esters is 1. The Morgan fingerprint density at radius 2 is 1.69 bits per heavy atom. The van der Waals surface area contributed by atoms with Crippen LogP contribution in [-0.4, -0.2) is 38.1 Å². The van der Waals surface area contributed by atoms with Gasteiger partial charge in [0.1, 0.15) is 11.4 Å². The van der Waals surface area contributed by atoms with Gasteiger partial charge < -0.3 is 10.1 Å². The first-order chi connectivity index (χ1) is 13.6. The average Bonchev–Trinajstić information content (AvgIpc) is 2.64. The molecule has 0 amide bonds. The van der Waals surface area contributed by atoms with E-state index in [2.05, 4.69) is 20.3 Å². The normalized spacial score (nSPS) is 12.0. The van der Waals surface area contributed by atoms with E-state index in [0.29, 0.717) is 24.6 Å².